The van der Waals surface area contributed by atoms with Gasteiger partial charge in [0.05, 0.1) is 6.04 Å². The monoisotopic (exact) mass is 263 g/mol. The van der Waals surface area contributed by atoms with Crippen LogP contribution in [0.5, 0.6) is 0 Å². The zero-order valence-electron chi connectivity index (χ0n) is 11.0. The molecule has 18 heavy (non-hydrogen) atoms. The first-order valence-electron chi connectivity index (χ1n) is 6.13. The minimum Gasteiger partial charge on any atom is -0.320 e. The molecule has 0 radical (unpaired) electrons. The molecule has 0 saturated carbocycles. The summed E-state index contributed by atoms with van der Waals surface area (Å²) >= 11 is 1.73. The Balaban J connectivity index is 2.36. The van der Waals surface area contributed by atoms with Gasteiger partial charge in [0.25, 0.3) is 0 Å². The van der Waals surface area contributed by atoms with E-state index in [2.05, 4.69) is 19.1 Å². The largest absolute Gasteiger partial charge is 0.320 e. The van der Waals surface area contributed by atoms with Gasteiger partial charge in [0.2, 0.25) is 0 Å². The molecule has 0 aliphatic heterocycles. The Morgan fingerprint density at radius 2 is 1.83 bits per heavy atom. The number of aryl methyl sites for hydroxylation is 3. The van der Waals surface area contributed by atoms with Gasteiger partial charge in [-0.25, -0.2) is 4.39 Å². The molecule has 96 valence electrons. The molecule has 1 unspecified atom stereocenters. The second-order valence-electron chi connectivity index (χ2n) is 4.60. The van der Waals surface area contributed by atoms with Gasteiger partial charge in [-0.05, 0) is 49.1 Å². The predicted octanol–water partition coefficient (Wildman–Crippen LogP) is 4.11. The summed E-state index contributed by atoms with van der Waals surface area (Å²) in [7, 11) is 0. The van der Waals surface area contributed by atoms with Gasteiger partial charge in [0.1, 0.15) is 5.82 Å². The van der Waals surface area contributed by atoms with E-state index < -0.39 is 0 Å². The van der Waals surface area contributed by atoms with Crippen molar-refractivity contribution in [3.05, 3.63) is 56.5 Å². The summed E-state index contributed by atoms with van der Waals surface area (Å²) in [5, 5.41) is 0. The lowest BCUT2D eigenvalue weighted by Crippen LogP contribution is -2.11. The number of rotatable bonds is 3. The molecule has 1 aromatic heterocycles. The summed E-state index contributed by atoms with van der Waals surface area (Å²) in [4.78, 5) is 2.47. The second kappa shape index (κ2) is 5.21. The van der Waals surface area contributed by atoms with E-state index in [0.29, 0.717) is 11.1 Å². The summed E-state index contributed by atoms with van der Waals surface area (Å²) in [6.45, 7) is 5.70. The first-order valence-corrected chi connectivity index (χ1v) is 6.95. The maximum Gasteiger partial charge on any atom is 0.129 e. The minimum atomic E-state index is -0.159. The van der Waals surface area contributed by atoms with E-state index in [1.807, 2.05) is 12.1 Å². The van der Waals surface area contributed by atoms with Crippen molar-refractivity contribution in [1.29, 1.82) is 0 Å². The first kappa shape index (κ1) is 13.2. The maximum absolute atomic E-state index is 13.6. The summed E-state index contributed by atoms with van der Waals surface area (Å²) in [5.74, 6) is -0.133. The van der Waals surface area contributed by atoms with Crippen LogP contribution in [0.15, 0.2) is 24.3 Å². The lowest BCUT2D eigenvalue weighted by Gasteiger charge is -2.13. The predicted molar refractivity (Wildman–Crippen MR) is 75.6 cm³/mol. The Bertz CT molecular complexity index is 536. The van der Waals surface area contributed by atoms with Gasteiger partial charge >= 0.3 is 0 Å². The summed E-state index contributed by atoms with van der Waals surface area (Å²) in [6, 6.07) is 7.72. The lowest BCUT2D eigenvalue weighted by molar-refractivity contribution is 0.607. The highest BCUT2D eigenvalue weighted by Crippen LogP contribution is 2.28. The van der Waals surface area contributed by atoms with Gasteiger partial charge < -0.3 is 5.73 Å². The van der Waals surface area contributed by atoms with E-state index >= 15 is 0 Å². The normalized spacial score (nSPS) is 12.7. The summed E-state index contributed by atoms with van der Waals surface area (Å²) in [5.41, 5.74) is 8.56. The van der Waals surface area contributed by atoms with Crippen LogP contribution in [0.3, 0.4) is 0 Å². The van der Waals surface area contributed by atoms with Crippen LogP contribution in [0.2, 0.25) is 0 Å². The van der Waals surface area contributed by atoms with Gasteiger partial charge in [-0.1, -0.05) is 19.1 Å². The topological polar surface area (TPSA) is 26.0 Å². The average Bonchev–Trinajstić information content (AvgIpc) is 2.83. The van der Waals surface area contributed by atoms with Crippen molar-refractivity contribution >= 4 is 11.3 Å². The minimum absolute atomic E-state index is 0.133. The number of thiophene rings is 1. The van der Waals surface area contributed by atoms with Crippen molar-refractivity contribution in [2.75, 3.05) is 0 Å². The van der Waals surface area contributed by atoms with Crippen LogP contribution in [0.1, 0.15) is 39.4 Å². The molecule has 0 aliphatic rings. The zero-order chi connectivity index (χ0) is 13.3. The van der Waals surface area contributed by atoms with Crippen LogP contribution in [-0.2, 0) is 6.42 Å². The van der Waals surface area contributed by atoms with Crippen molar-refractivity contribution in [1.82, 2.24) is 0 Å². The summed E-state index contributed by atoms with van der Waals surface area (Å²) < 4.78 is 13.6. The van der Waals surface area contributed by atoms with Gasteiger partial charge in [0, 0.05) is 9.75 Å². The molecular formula is C15H18FNS. The van der Waals surface area contributed by atoms with E-state index in [-0.39, 0.29) is 11.9 Å². The molecule has 0 saturated heterocycles. The quantitative estimate of drug-likeness (QED) is 0.886. The molecule has 0 bridgehead atoms. The highest BCUT2D eigenvalue weighted by atomic mass is 32.1. The van der Waals surface area contributed by atoms with Crippen LogP contribution in [-0.4, -0.2) is 0 Å². The van der Waals surface area contributed by atoms with Gasteiger partial charge in [-0.3, -0.25) is 0 Å². The number of benzene rings is 1. The molecule has 1 nitrogen and oxygen atoms in total. The SMILES string of the molecule is CCc1ccc(C(N)c2cc(C)c(F)c(C)c2)s1. The highest BCUT2D eigenvalue weighted by molar-refractivity contribution is 7.12. The molecule has 2 rings (SSSR count). The van der Waals surface area contributed by atoms with E-state index in [4.69, 9.17) is 5.73 Å². The van der Waals surface area contributed by atoms with Crippen molar-refractivity contribution < 1.29 is 4.39 Å². The summed E-state index contributed by atoms with van der Waals surface area (Å²) in [6.07, 6.45) is 1.03. The molecule has 2 aromatic rings. The van der Waals surface area contributed by atoms with E-state index in [0.717, 1.165) is 16.9 Å². The fraction of sp³-hybridized carbons (Fsp3) is 0.333. The van der Waals surface area contributed by atoms with Crippen molar-refractivity contribution in [2.45, 2.75) is 33.2 Å². The van der Waals surface area contributed by atoms with Crippen LogP contribution in [0.4, 0.5) is 4.39 Å². The smallest absolute Gasteiger partial charge is 0.129 e. The van der Waals surface area contributed by atoms with Crippen molar-refractivity contribution in [2.24, 2.45) is 5.73 Å². The van der Waals surface area contributed by atoms with Crippen LogP contribution in [0, 0.1) is 19.7 Å². The first-order chi connectivity index (χ1) is 8.52. The third-order valence-electron chi connectivity index (χ3n) is 3.16. The maximum atomic E-state index is 13.6. The van der Waals surface area contributed by atoms with Crippen LogP contribution < -0.4 is 5.73 Å². The van der Waals surface area contributed by atoms with Gasteiger partial charge in [-0.2, -0.15) is 0 Å². The Morgan fingerprint density at radius 1 is 1.22 bits per heavy atom. The van der Waals surface area contributed by atoms with E-state index in [1.165, 1.54) is 4.88 Å². The molecule has 1 atom stereocenters. The standard InChI is InChI=1S/C15H18FNS/c1-4-12-5-6-13(18-12)15(17)11-7-9(2)14(16)10(3)8-11/h5-8,15H,4,17H2,1-3H3. The number of hydrogen-bond acceptors (Lipinski definition) is 2. The molecule has 0 spiro atoms. The number of hydrogen-bond donors (Lipinski definition) is 1. The zero-order valence-corrected chi connectivity index (χ0v) is 11.8. The third kappa shape index (κ3) is 2.47. The van der Waals surface area contributed by atoms with Gasteiger partial charge in [-0.15, -0.1) is 11.3 Å². The molecule has 2 N–H and O–H groups in total. The molecule has 0 amide bonds. The number of halogens is 1. The van der Waals surface area contributed by atoms with Crippen molar-refractivity contribution in [3.63, 3.8) is 0 Å². The van der Waals surface area contributed by atoms with Crippen molar-refractivity contribution in [3.8, 4) is 0 Å². The highest BCUT2D eigenvalue weighted by Gasteiger charge is 2.14. The second-order valence-corrected chi connectivity index (χ2v) is 5.80. The Morgan fingerprint density at radius 3 is 2.33 bits per heavy atom. The third-order valence-corrected chi connectivity index (χ3v) is 4.47. The molecule has 0 aliphatic carbocycles. The molecule has 3 heteroatoms. The van der Waals surface area contributed by atoms with Crippen LogP contribution >= 0.6 is 11.3 Å². The molecule has 1 heterocycles. The average molecular weight is 263 g/mol. The number of nitrogens with two attached hydrogens (primary N) is 1. The Labute approximate surface area is 111 Å². The molecule has 1 aromatic carbocycles. The Hall–Kier alpha value is -1.19. The molecular weight excluding hydrogens is 245 g/mol. The lowest BCUT2D eigenvalue weighted by atomic mass is 10.0. The molecule has 0 fully saturated rings. The van der Waals surface area contributed by atoms with Crippen LogP contribution in [0.25, 0.3) is 0 Å². The van der Waals surface area contributed by atoms with E-state index in [1.54, 1.807) is 25.2 Å². The van der Waals surface area contributed by atoms with E-state index in [9.17, 15) is 4.39 Å². The Kier molecular flexibility index (Phi) is 3.83. The fourth-order valence-electron chi connectivity index (χ4n) is 2.07. The van der Waals surface area contributed by atoms with Gasteiger partial charge in [0.15, 0.2) is 0 Å². The fourth-order valence-corrected chi connectivity index (χ4v) is 3.06.